The second-order valence-electron chi connectivity index (χ2n) is 6.63. The van der Waals surface area contributed by atoms with Gasteiger partial charge in [-0.3, -0.25) is 4.79 Å². The van der Waals surface area contributed by atoms with Crippen LogP contribution in [0.3, 0.4) is 0 Å². The van der Waals surface area contributed by atoms with Crippen LogP contribution in [0.4, 0.5) is 0 Å². The minimum atomic E-state index is -0.548. The monoisotopic (exact) mass is 371 g/mol. The molecule has 0 heterocycles. The van der Waals surface area contributed by atoms with Gasteiger partial charge in [-0.2, -0.15) is 0 Å². The Labute approximate surface area is 161 Å². The zero-order chi connectivity index (χ0) is 20.0. The molecule has 0 aromatic heterocycles. The van der Waals surface area contributed by atoms with Crippen LogP contribution in [0.25, 0.3) is 0 Å². The van der Waals surface area contributed by atoms with E-state index in [-0.39, 0.29) is 11.9 Å². The first-order valence-electron chi connectivity index (χ1n) is 9.15. The summed E-state index contributed by atoms with van der Waals surface area (Å²) in [6, 6.07) is 11.4. The fraction of sp³-hybridized carbons (Fsp3) is 0.409. The van der Waals surface area contributed by atoms with Crippen LogP contribution < -0.4 is 19.5 Å². The Kier molecular flexibility index (Phi) is 7.11. The van der Waals surface area contributed by atoms with E-state index >= 15 is 0 Å². The summed E-state index contributed by atoms with van der Waals surface area (Å²) < 4.78 is 16.6. The molecule has 0 saturated heterocycles. The van der Waals surface area contributed by atoms with Crippen molar-refractivity contribution in [2.75, 3.05) is 14.2 Å². The zero-order valence-electron chi connectivity index (χ0n) is 17.0. The Balaban J connectivity index is 2.10. The van der Waals surface area contributed by atoms with Gasteiger partial charge in [-0.1, -0.05) is 25.1 Å². The Bertz CT molecular complexity index is 788. The van der Waals surface area contributed by atoms with E-state index in [0.717, 1.165) is 22.4 Å². The van der Waals surface area contributed by atoms with E-state index in [0.29, 0.717) is 17.9 Å². The van der Waals surface area contributed by atoms with Crippen molar-refractivity contribution in [1.82, 2.24) is 5.32 Å². The molecule has 0 spiro atoms. The summed E-state index contributed by atoms with van der Waals surface area (Å²) in [5, 5.41) is 3.03. The minimum absolute atomic E-state index is 0.138. The Morgan fingerprint density at radius 2 is 1.70 bits per heavy atom. The molecule has 0 radical (unpaired) electrons. The molecule has 2 aromatic rings. The van der Waals surface area contributed by atoms with E-state index in [4.69, 9.17) is 14.2 Å². The molecule has 27 heavy (non-hydrogen) atoms. The minimum Gasteiger partial charge on any atom is -0.493 e. The highest BCUT2D eigenvalue weighted by Crippen LogP contribution is 2.30. The first-order valence-corrected chi connectivity index (χ1v) is 9.15. The van der Waals surface area contributed by atoms with Crippen LogP contribution in [0.2, 0.25) is 0 Å². The highest BCUT2D eigenvalue weighted by atomic mass is 16.5. The first-order chi connectivity index (χ1) is 12.9. The topological polar surface area (TPSA) is 56.8 Å². The molecule has 1 amide bonds. The van der Waals surface area contributed by atoms with E-state index in [1.807, 2.05) is 64.1 Å². The number of ether oxygens (including phenoxy) is 3. The lowest BCUT2D eigenvalue weighted by Gasteiger charge is -2.22. The SMILES string of the molecule is CC[C@H](Oc1cc(C)ccc1C)C(=O)N[C@@H](C)c1ccc(OC)c(OC)c1. The standard InChI is InChI=1S/C22H29NO4/c1-7-18(27-20-12-14(2)8-9-15(20)3)22(24)23-16(4)17-10-11-19(25-5)21(13-17)26-6/h8-13,16,18H,7H2,1-6H3,(H,23,24)/t16-,18-/m0/s1. The lowest BCUT2D eigenvalue weighted by molar-refractivity contribution is -0.128. The van der Waals surface area contributed by atoms with Gasteiger partial charge in [0.15, 0.2) is 17.6 Å². The van der Waals surface area contributed by atoms with Crippen LogP contribution in [-0.4, -0.2) is 26.2 Å². The quantitative estimate of drug-likeness (QED) is 0.749. The second-order valence-corrected chi connectivity index (χ2v) is 6.63. The van der Waals surface area contributed by atoms with Gasteiger partial charge in [0, 0.05) is 0 Å². The Morgan fingerprint density at radius 3 is 2.33 bits per heavy atom. The molecule has 0 saturated carbocycles. The molecule has 0 fully saturated rings. The van der Waals surface area contributed by atoms with Gasteiger partial charge in [-0.25, -0.2) is 0 Å². The number of carbonyl (C=O) groups is 1. The van der Waals surface area contributed by atoms with Gasteiger partial charge in [0.25, 0.3) is 5.91 Å². The van der Waals surface area contributed by atoms with Crippen LogP contribution in [0.5, 0.6) is 17.2 Å². The van der Waals surface area contributed by atoms with Crippen LogP contribution in [0, 0.1) is 13.8 Å². The van der Waals surface area contributed by atoms with Crippen LogP contribution in [0.15, 0.2) is 36.4 Å². The summed E-state index contributed by atoms with van der Waals surface area (Å²) in [6.45, 7) is 7.86. The molecule has 0 aliphatic carbocycles. The normalized spacial score (nSPS) is 12.8. The second kappa shape index (κ2) is 9.31. The summed E-state index contributed by atoms with van der Waals surface area (Å²) in [7, 11) is 3.19. The predicted octanol–water partition coefficient (Wildman–Crippen LogP) is 4.36. The van der Waals surface area contributed by atoms with Crippen LogP contribution in [0.1, 0.15) is 43.0 Å². The molecule has 146 valence electrons. The summed E-state index contributed by atoms with van der Waals surface area (Å²) in [5.41, 5.74) is 3.05. The molecule has 0 unspecified atom stereocenters. The van der Waals surface area contributed by atoms with Gasteiger partial charge >= 0.3 is 0 Å². The highest BCUT2D eigenvalue weighted by molar-refractivity contribution is 5.81. The molecule has 0 bridgehead atoms. The summed E-state index contributed by atoms with van der Waals surface area (Å²) >= 11 is 0. The van der Waals surface area contributed by atoms with E-state index < -0.39 is 6.10 Å². The summed E-state index contributed by atoms with van der Waals surface area (Å²) in [5.74, 6) is 1.90. The number of benzene rings is 2. The van der Waals surface area contributed by atoms with Crippen molar-refractivity contribution in [2.24, 2.45) is 0 Å². The van der Waals surface area contributed by atoms with E-state index in [2.05, 4.69) is 5.32 Å². The number of amides is 1. The van der Waals surface area contributed by atoms with E-state index in [1.54, 1.807) is 14.2 Å². The van der Waals surface area contributed by atoms with Crippen molar-refractivity contribution >= 4 is 5.91 Å². The average Bonchev–Trinajstić information content (AvgIpc) is 2.67. The maximum absolute atomic E-state index is 12.7. The largest absolute Gasteiger partial charge is 0.493 e. The van der Waals surface area contributed by atoms with Gasteiger partial charge in [0.2, 0.25) is 0 Å². The maximum atomic E-state index is 12.7. The maximum Gasteiger partial charge on any atom is 0.261 e. The van der Waals surface area contributed by atoms with E-state index in [1.165, 1.54) is 0 Å². The van der Waals surface area contributed by atoms with Crippen molar-refractivity contribution in [3.63, 3.8) is 0 Å². The number of aryl methyl sites for hydroxylation is 2. The number of carbonyl (C=O) groups excluding carboxylic acids is 1. The van der Waals surface area contributed by atoms with Crippen LogP contribution in [-0.2, 0) is 4.79 Å². The molecular weight excluding hydrogens is 342 g/mol. The van der Waals surface area contributed by atoms with Gasteiger partial charge in [-0.05, 0) is 62.1 Å². The Hall–Kier alpha value is -2.69. The molecule has 5 nitrogen and oxygen atoms in total. The molecule has 0 aliphatic heterocycles. The molecule has 2 atom stereocenters. The fourth-order valence-corrected chi connectivity index (χ4v) is 2.82. The lowest BCUT2D eigenvalue weighted by Crippen LogP contribution is -2.39. The number of nitrogens with one attached hydrogen (secondary N) is 1. The molecule has 0 aliphatic rings. The molecule has 1 N–H and O–H groups in total. The average molecular weight is 371 g/mol. The third-order valence-electron chi connectivity index (χ3n) is 4.54. The van der Waals surface area contributed by atoms with Crippen molar-refractivity contribution in [3.8, 4) is 17.2 Å². The molecule has 5 heteroatoms. The lowest BCUT2D eigenvalue weighted by atomic mass is 10.1. The molecule has 2 aromatic carbocycles. The first kappa shape index (κ1) is 20.6. The van der Waals surface area contributed by atoms with Gasteiger partial charge in [0.05, 0.1) is 20.3 Å². The summed E-state index contributed by atoms with van der Waals surface area (Å²) in [6.07, 6.45) is 0.0332. The molecule has 2 rings (SSSR count). The molecular formula is C22H29NO4. The van der Waals surface area contributed by atoms with Crippen molar-refractivity contribution < 1.29 is 19.0 Å². The fourth-order valence-electron chi connectivity index (χ4n) is 2.82. The highest BCUT2D eigenvalue weighted by Gasteiger charge is 2.22. The van der Waals surface area contributed by atoms with Crippen LogP contribution >= 0.6 is 0 Å². The third kappa shape index (κ3) is 5.16. The Morgan fingerprint density at radius 1 is 1.00 bits per heavy atom. The zero-order valence-corrected chi connectivity index (χ0v) is 17.0. The third-order valence-corrected chi connectivity index (χ3v) is 4.54. The van der Waals surface area contributed by atoms with Crippen molar-refractivity contribution in [3.05, 3.63) is 53.1 Å². The number of hydrogen-bond donors (Lipinski definition) is 1. The van der Waals surface area contributed by atoms with Gasteiger partial charge in [0.1, 0.15) is 5.75 Å². The summed E-state index contributed by atoms with van der Waals surface area (Å²) in [4.78, 5) is 12.7. The van der Waals surface area contributed by atoms with Gasteiger partial charge < -0.3 is 19.5 Å². The van der Waals surface area contributed by atoms with Crippen molar-refractivity contribution in [1.29, 1.82) is 0 Å². The number of methoxy groups -OCH3 is 2. The van der Waals surface area contributed by atoms with E-state index in [9.17, 15) is 4.79 Å². The van der Waals surface area contributed by atoms with Crippen molar-refractivity contribution in [2.45, 2.75) is 46.3 Å². The van der Waals surface area contributed by atoms with Gasteiger partial charge in [-0.15, -0.1) is 0 Å². The smallest absolute Gasteiger partial charge is 0.261 e. The predicted molar refractivity (Wildman–Crippen MR) is 107 cm³/mol. The number of rotatable bonds is 8. The number of hydrogen-bond acceptors (Lipinski definition) is 4.